The number of nitrogens with zero attached hydrogens (tertiary/aromatic N) is 1. The predicted octanol–water partition coefficient (Wildman–Crippen LogP) is 3.06. The molecule has 0 amide bonds. The Labute approximate surface area is 96.6 Å². The third-order valence-corrected chi connectivity index (χ3v) is 2.42. The lowest BCUT2D eigenvalue weighted by Gasteiger charge is -2.04. The first-order valence-corrected chi connectivity index (χ1v) is 5.42. The Bertz CT molecular complexity index is 436. The number of H-pyrrole nitrogens is 1. The summed E-state index contributed by atoms with van der Waals surface area (Å²) in [7, 11) is 0. The van der Waals surface area contributed by atoms with Crippen LogP contribution in [-0.4, -0.2) is 9.97 Å². The minimum absolute atomic E-state index is 0.502. The van der Waals surface area contributed by atoms with Crippen LogP contribution in [0.1, 0.15) is 11.3 Å². The Hall–Kier alpha value is -1.29. The van der Waals surface area contributed by atoms with Crippen molar-refractivity contribution in [2.75, 3.05) is 0 Å². The van der Waals surface area contributed by atoms with E-state index in [1.807, 2.05) is 24.3 Å². The van der Waals surface area contributed by atoms with E-state index >= 15 is 0 Å². The molecule has 0 atom stereocenters. The standard InChI is InChI=1S/C11H11BrN2O/c1-8-2-4-10(5-3-8)15-7-9-6-13-11(12)14-9/h2-6H,7H2,1H3,(H,13,14). The van der Waals surface area contributed by atoms with Crippen LogP contribution in [0.15, 0.2) is 35.2 Å². The molecule has 0 aliphatic rings. The molecule has 0 bridgehead atoms. The van der Waals surface area contributed by atoms with E-state index in [0.29, 0.717) is 6.61 Å². The molecule has 78 valence electrons. The Morgan fingerprint density at radius 2 is 2.07 bits per heavy atom. The van der Waals surface area contributed by atoms with E-state index in [4.69, 9.17) is 4.74 Å². The number of aromatic amines is 1. The van der Waals surface area contributed by atoms with E-state index < -0.39 is 0 Å². The number of aryl methyl sites for hydroxylation is 1. The second kappa shape index (κ2) is 4.49. The summed E-state index contributed by atoms with van der Waals surface area (Å²) in [6.45, 7) is 2.55. The molecule has 0 unspecified atom stereocenters. The monoisotopic (exact) mass is 266 g/mol. The molecule has 1 aromatic carbocycles. The van der Waals surface area contributed by atoms with Gasteiger partial charge in [-0.1, -0.05) is 17.7 Å². The van der Waals surface area contributed by atoms with Gasteiger partial charge in [0, 0.05) is 0 Å². The third kappa shape index (κ3) is 2.83. The summed E-state index contributed by atoms with van der Waals surface area (Å²) in [5, 5.41) is 0. The van der Waals surface area contributed by atoms with Crippen LogP contribution in [0.5, 0.6) is 5.75 Å². The maximum absolute atomic E-state index is 5.57. The molecule has 0 saturated heterocycles. The van der Waals surface area contributed by atoms with Gasteiger partial charge in [-0.15, -0.1) is 0 Å². The van der Waals surface area contributed by atoms with Crippen LogP contribution in [0.3, 0.4) is 0 Å². The highest BCUT2D eigenvalue weighted by atomic mass is 79.9. The van der Waals surface area contributed by atoms with Crippen LogP contribution in [0.25, 0.3) is 0 Å². The molecule has 15 heavy (non-hydrogen) atoms. The van der Waals surface area contributed by atoms with Gasteiger partial charge in [0.15, 0.2) is 4.73 Å². The molecule has 3 nitrogen and oxygen atoms in total. The van der Waals surface area contributed by atoms with E-state index in [2.05, 4.69) is 32.8 Å². The Balaban J connectivity index is 1.96. The van der Waals surface area contributed by atoms with Crippen molar-refractivity contribution in [3.8, 4) is 5.75 Å². The van der Waals surface area contributed by atoms with Gasteiger partial charge in [0.25, 0.3) is 0 Å². The highest BCUT2D eigenvalue weighted by Gasteiger charge is 1.98. The molecular weight excluding hydrogens is 256 g/mol. The zero-order valence-corrected chi connectivity index (χ0v) is 9.91. The molecule has 0 radical (unpaired) electrons. The molecule has 2 rings (SSSR count). The van der Waals surface area contributed by atoms with Crippen LogP contribution in [0.2, 0.25) is 0 Å². The molecule has 0 spiro atoms. The number of rotatable bonds is 3. The van der Waals surface area contributed by atoms with Crippen molar-refractivity contribution in [3.63, 3.8) is 0 Å². The summed E-state index contributed by atoms with van der Waals surface area (Å²) in [4.78, 5) is 7.06. The fourth-order valence-electron chi connectivity index (χ4n) is 1.20. The number of imidazole rings is 1. The van der Waals surface area contributed by atoms with Gasteiger partial charge in [0.05, 0.1) is 11.9 Å². The first kappa shape index (κ1) is 10.2. The van der Waals surface area contributed by atoms with Crippen LogP contribution >= 0.6 is 15.9 Å². The van der Waals surface area contributed by atoms with Gasteiger partial charge in [-0.05, 0) is 35.0 Å². The smallest absolute Gasteiger partial charge is 0.174 e. The van der Waals surface area contributed by atoms with E-state index in [-0.39, 0.29) is 0 Å². The average Bonchev–Trinajstić information content (AvgIpc) is 2.64. The lowest BCUT2D eigenvalue weighted by atomic mass is 10.2. The highest BCUT2D eigenvalue weighted by Crippen LogP contribution is 2.13. The second-order valence-corrected chi connectivity index (χ2v) is 4.05. The van der Waals surface area contributed by atoms with Crippen molar-refractivity contribution in [3.05, 3.63) is 46.5 Å². The number of hydrogen-bond donors (Lipinski definition) is 1. The van der Waals surface area contributed by atoms with Crippen LogP contribution in [0.4, 0.5) is 0 Å². The highest BCUT2D eigenvalue weighted by molar-refractivity contribution is 9.10. The number of benzene rings is 1. The molecule has 1 heterocycles. The quantitative estimate of drug-likeness (QED) is 0.928. The number of nitrogens with one attached hydrogen (secondary N) is 1. The fourth-order valence-corrected chi connectivity index (χ4v) is 1.56. The van der Waals surface area contributed by atoms with E-state index in [1.54, 1.807) is 6.20 Å². The zero-order chi connectivity index (χ0) is 10.7. The number of halogens is 1. The van der Waals surface area contributed by atoms with Crippen molar-refractivity contribution in [2.45, 2.75) is 13.5 Å². The van der Waals surface area contributed by atoms with Crippen molar-refractivity contribution in [2.24, 2.45) is 0 Å². The lowest BCUT2D eigenvalue weighted by Crippen LogP contribution is -1.95. The van der Waals surface area contributed by atoms with Gasteiger partial charge in [-0.25, -0.2) is 4.98 Å². The molecule has 4 heteroatoms. The number of hydrogen-bond acceptors (Lipinski definition) is 2. The normalized spacial score (nSPS) is 10.3. The van der Waals surface area contributed by atoms with Crippen molar-refractivity contribution < 1.29 is 4.74 Å². The topological polar surface area (TPSA) is 37.9 Å². The largest absolute Gasteiger partial charge is 0.487 e. The summed E-state index contributed by atoms with van der Waals surface area (Å²) < 4.78 is 6.30. The number of ether oxygens (including phenoxy) is 1. The average molecular weight is 267 g/mol. The summed E-state index contributed by atoms with van der Waals surface area (Å²) >= 11 is 3.25. The lowest BCUT2D eigenvalue weighted by molar-refractivity contribution is 0.302. The molecule has 2 aromatic rings. The van der Waals surface area contributed by atoms with Gasteiger partial charge < -0.3 is 9.72 Å². The molecule has 0 aliphatic heterocycles. The van der Waals surface area contributed by atoms with Crippen molar-refractivity contribution in [1.29, 1.82) is 0 Å². The Morgan fingerprint density at radius 1 is 1.33 bits per heavy atom. The molecule has 1 aromatic heterocycles. The molecule has 0 saturated carbocycles. The second-order valence-electron chi connectivity index (χ2n) is 3.30. The first-order valence-electron chi connectivity index (χ1n) is 4.63. The van der Waals surface area contributed by atoms with Gasteiger partial charge in [-0.2, -0.15) is 0 Å². The van der Waals surface area contributed by atoms with Crippen LogP contribution in [-0.2, 0) is 6.61 Å². The number of aromatic nitrogens is 2. The minimum Gasteiger partial charge on any atom is -0.487 e. The van der Waals surface area contributed by atoms with E-state index in [9.17, 15) is 0 Å². The summed E-state index contributed by atoms with van der Waals surface area (Å²) in [5.41, 5.74) is 2.18. The third-order valence-electron chi connectivity index (χ3n) is 2.01. The molecule has 1 N–H and O–H groups in total. The van der Waals surface area contributed by atoms with Gasteiger partial charge in [0.1, 0.15) is 12.4 Å². The first-order chi connectivity index (χ1) is 7.24. The fraction of sp³-hybridized carbons (Fsp3) is 0.182. The Morgan fingerprint density at radius 3 is 2.67 bits per heavy atom. The molecule has 0 aliphatic carbocycles. The van der Waals surface area contributed by atoms with Crippen LogP contribution < -0.4 is 4.74 Å². The van der Waals surface area contributed by atoms with Gasteiger partial charge in [-0.3, -0.25) is 0 Å². The molecular formula is C11H11BrN2O. The zero-order valence-electron chi connectivity index (χ0n) is 8.33. The maximum atomic E-state index is 5.57. The predicted molar refractivity (Wildman–Crippen MR) is 61.8 cm³/mol. The maximum Gasteiger partial charge on any atom is 0.174 e. The summed E-state index contributed by atoms with van der Waals surface area (Å²) in [5.74, 6) is 0.867. The Kier molecular flexibility index (Phi) is 3.06. The minimum atomic E-state index is 0.502. The van der Waals surface area contributed by atoms with Crippen molar-refractivity contribution in [1.82, 2.24) is 9.97 Å². The summed E-state index contributed by atoms with van der Waals surface area (Å²) in [6.07, 6.45) is 1.75. The SMILES string of the molecule is Cc1ccc(OCc2cnc(Br)[nH]2)cc1. The van der Waals surface area contributed by atoms with Gasteiger partial charge in [0.2, 0.25) is 0 Å². The van der Waals surface area contributed by atoms with Crippen molar-refractivity contribution >= 4 is 15.9 Å². The van der Waals surface area contributed by atoms with Gasteiger partial charge >= 0.3 is 0 Å². The van der Waals surface area contributed by atoms with E-state index in [1.165, 1.54) is 5.56 Å². The summed E-state index contributed by atoms with van der Waals surface area (Å²) in [6, 6.07) is 7.97. The van der Waals surface area contributed by atoms with E-state index in [0.717, 1.165) is 16.2 Å². The molecule has 0 fully saturated rings. The van der Waals surface area contributed by atoms with Crippen LogP contribution in [0, 0.1) is 6.92 Å².